The van der Waals surface area contributed by atoms with Crippen molar-refractivity contribution in [3.8, 4) is 5.75 Å². The second kappa shape index (κ2) is 7.68. The zero-order valence-corrected chi connectivity index (χ0v) is 15.5. The van der Waals surface area contributed by atoms with Gasteiger partial charge in [0.25, 0.3) is 0 Å². The van der Waals surface area contributed by atoms with E-state index in [9.17, 15) is 9.66 Å². The van der Waals surface area contributed by atoms with Gasteiger partial charge < -0.3 is 14.4 Å². The smallest absolute Gasteiger partial charge is 0.136 e. The third-order valence-electron chi connectivity index (χ3n) is 3.57. The largest absolute Gasteiger partial charge is 0.598 e. The van der Waals surface area contributed by atoms with Crippen molar-refractivity contribution in [2.24, 2.45) is 0 Å². The maximum Gasteiger partial charge on any atom is 0.136 e. The SMILES string of the molecule is Cc1c(OC[C@@H](C)O)ccc([C@H](C)N[S+]([O-])C(C)(C)C)c1C. The van der Waals surface area contributed by atoms with Crippen LogP contribution in [0.3, 0.4) is 0 Å². The maximum atomic E-state index is 12.2. The summed E-state index contributed by atoms with van der Waals surface area (Å²) in [6, 6.07) is 3.90. The number of ether oxygens (including phenoxy) is 1. The van der Waals surface area contributed by atoms with Crippen molar-refractivity contribution >= 4 is 11.4 Å². The molecule has 0 heterocycles. The minimum absolute atomic E-state index is 0.00965. The Bertz CT molecular complexity index is 497. The molecule has 0 fully saturated rings. The van der Waals surface area contributed by atoms with Gasteiger partial charge >= 0.3 is 0 Å². The average molecular weight is 327 g/mol. The molecule has 0 aliphatic carbocycles. The monoisotopic (exact) mass is 327 g/mol. The Morgan fingerprint density at radius 1 is 1.23 bits per heavy atom. The molecule has 4 nitrogen and oxygen atoms in total. The quantitative estimate of drug-likeness (QED) is 0.788. The molecule has 22 heavy (non-hydrogen) atoms. The molecule has 1 aromatic rings. The van der Waals surface area contributed by atoms with E-state index < -0.39 is 17.5 Å². The molecule has 0 spiro atoms. The summed E-state index contributed by atoms with van der Waals surface area (Å²) >= 11 is -1.11. The first-order valence-electron chi connectivity index (χ1n) is 7.63. The van der Waals surface area contributed by atoms with Gasteiger partial charge in [-0.1, -0.05) is 6.07 Å². The van der Waals surface area contributed by atoms with E-state index >= 15 is 0 Å². The Morgan fingerprint density at radius 2 is 1.82 bits per heavy atom. The highest BCUT2D eigenvalue weighted by atomic mass is 32.2. The van der Waals surface area contributed by atoms with Crippen molar-refractivity contribution in [1.82, 2.24) is 4.72 Å². The lowest BCUT2D eigenvalue weighted by molar-refractivity contribution is 0.122. The van der Waals surface area contributed by atoms with Crippen LogP contribution in [0.15, 0.2) is 12.1 Å². The van der Waals surface area contributed by atoms with Crippen molar-refractivity contribution in [2.45, 2.75) is 65.4 Å². The van der Waals surface area contributed by atoms with Crippen LogP contribution in [0.25, 0.3) is 0 Å². The van der Waals surface area contributed by atoms with Gasteiger partial charge in [-0.3, -0.25) is 0 Å². The van der Waals surface area contributed by atoms with Gasteiger partial charge in [0.15, 0.2) is 0 Å². The number of nitrogens with one attached hydrogen (secondary N) is 1. The molecule has 0 aliphatic rings. The topological polar surface area (TPSA) is 64.5 Å². The normalized spacial score (nSPS) is 16.2. The van der Waals surface area contributed by atoms with Gasteiger partial charge in [-0.25, -0.2) is 0 Å². The predicted octanol–water partition coefficient (Wildman–Crippen LogP) is 3.18. The van der Waals surface area contributed by atoms with E-state index in [1.54, 1.807) is 6.92 Å². The summed E-state index contributed by atoms with van der Waals surface area (Å²) in [6.07, 6.45) is -0.491. The van der Waals surface area contributed by atoms with Gasteiger partial charge in [-0.2, -0.15) is 0 Å². The summed E-state index contributed by atoms with van der Waals surface area (Å²) in [5, 5.41) is 9.32. The van der Waals surface area contributed by atoms with Gasteiger partial charge in [0.1, 0.15) is 17.1 Å². The Hall–Kier alpha value is -0.750. The zero-order chi connectivity index (χ0) is 17.1. The molecule has 1 rings (SSSR count). The number of rotatable bonds is 6. The highest BCUT2D eigenvalue weighted by molar-refractivity contribution is 7.90. The van der Waals surface area contributed by atoms with Crippen LogP contribution in [-0.2, 0) is 11.4 Å². The van der Waals surface area contributed by atoms with Gasteiger partial charge in [-0.05, 0) is 71.2 Å². The minimum Gasteiger partial charge on any atom is -0.598 e. The molecule has 5 heteroatoms. The number of aliphatic hydroxyl groups excluding tert-OH is 1. The van der Waals surface area contributed by atoms with Crippen LogP contribution in [0.4, 0.5) is 0 Å². The first-order valence-corrected chi connectivity index (χ1v) is 8.78. The van der Waals surface area contributed by atoms with E-state index in [1.807, 2.05) is 53.7 Å². The molecule has 0 amide bonds. The van der Waals surface area contributed by atoms with Gasteiger partial charge in [-0.15, -0.1) is 4.72 Å². The minimum atomic E-state index is -1.11. The summed E-state index contributed by atoms with van der Waals surface area (Å²) < 4.78 is 20.7. The summed E-state index contributed by atoms with van der Waals surface area (Å²) in [7, 11) is 0. The molecule has 1 unspecified atom stereocenters. The number of aliphatic hydroxyl groups is 1. The molecule has 0 saturated heterocycles. The van der Waals surface area contributed by atoms with Crippen molar-refractivity contribution < 1.29 is 14.4 Å². The Labute approximate surface area is 137 Å². The Morgan fingerprint density at radius 3 is 2.32 bits per heavy atom. The summed E-state index contributed by atoms with van der Waals surface area (Å²) in [4.78, 5) is 0. The van der Waals surface area contributed by atoms with Crippen LogP contribution in [0, 0.1) is 13.8 Å². The summed E-state index contributed by atoms with van der Waals surface area (Å²) in [6.45, 7) is 13.9. The van der Waals surface area contributed by atoms with Crippen LogP contribution < -0.4 is 9.46 Å². The van der Waals surface area contributed by atoms with E-state index in [0.29, 0.717) is 0 Å². The van der Waals surface area contributed by atoms with Crippen LogP contribution in [0.1, 0.15) is 57.4 Å². The molecule has 126 valence electrons. The number of hydrogen-bond donors (Lipinski definition) is 2. The highest BCUT2D eigenvalue weighted by Crippen LogP contribution is 2.29. The molecule has 2 N–H and O–H groups in total. The van der Waals surface area contributed by atoms with Crippen molar-refractivity contribution in [1.29, 1.82) is 0 Å². The molecule has 0 radical (unpaired) electrons. The number of benzene rings is 1. The molecule has 0 bridgehead atoms. The van der Waals surface area contributed by atoms with Crippen LogP contribution in [-0.4, -0.2) is 27.1 Å². The molecule has 1 aromatic carbocycles. The van der Waals surface area contributed by atoms with E-state index in [2.05, 4.69) is 4.72 Å². The van der Waals surface area contributed by atoms with E-state index in [-0.39, 0.29) is 17.4 Å². The molecule has 3 atom stereocenters. The van der Waals surface area contributed by atoms with Gasteiger partial charge in [0, 0.05) is 11.4 Å². The Kier molecular flexibility index (Phi) is 6.74. The third-order valence-corrected chi connectivity index (χ3v) is 5.25. The summed E-state index contributed by atoms with van der Waals surface area (Å²) in [5.74, 6) is 0.784. The molecule has 0 saturated carbocycles. The lowest BCUT2D eigenvalue weighted by Crippen LogP contribution is -2.40. The molecular formula is C17H29NO3S. The fraction of sp³-hybridized carbons (Fsp3) is 0.647. The van der Waals surface area contributed by atoms with Crippen LogP contribution >= 0.6 is 0 Å². The van der Waals surface area contributed by atoms with Gasteiger partial charge in [0.2, 0.25) is 0 Å². The third kappa shape index (κ3) is 5.16. The fourth-order valence-corrected chi connectivity index (χ4v) is 2.86. The van der Waals surface area contributed by atoms with Gasteiger partial charge in [0.05, 0.1) is 12.1 Å². The Balaban J connectivity index is 2.90. The fourth-order valence-electron chi connectivity index (χ4n) is 2.05. The standard InChI is InChI=1S/C17H29NO3S/c1-11(19)10-21-16-9-8-15(12(2)13(16)3)14(4)18-22(20)17(5,6)7/h8-9,11,14,18-19H,10H2,1-7H3/t11-,14+,22?/m1/s1. The zero-order valence-electron chi connectivity index (χ0n) is 14.7. The molecular weight excluding hydrogens is 298 g/mol. The molecule has 0 aliphatic heterocycles. The van der Waals surface area contributed by atoms with Crippen molar-refractivity contribution in [3.05, 3.63) is 28.8 Å². The van der Waals surface area contributed by atoms with Crippen LogP contribution in [0.5, 0.6) is 5.75 Å². The van der Waals surface area contributed by atoms with E-state index in [1.165, 1.54) is 0 Å². The number of hydrogen-bond acceptors (Lipinski definition) is 4. The maximum absolute atomic E-state index is 12.2. The van der Waals surface area contributed by atoms with E-state index in [4.69, 9.17) is 4.74 Å². The van der Waals surface area contributed by atoms with Crippen LogP contribution in [0.2, 0.25) is 0 Å². The molecule has 0 aromatic heterocycles. The second-order valence-corrected chi connectivity index (χ2v) is 8.78. The lowest BCUT2D eigenvalue weighted by Gasteiger charge is -2.27. The van der Waals surface area contributed by atoms with E-state index in [0.717, 1.165) is 22.4 Å². The lowest BCUT2D eigenvalue weighted by atomic mass is 9.98. The highest BCUT2D eigenvalue weighted by Gasteiger charge is 2.29. The first kappa shape index (κ1) is 19.3. The first-order chi connectivity index (χ1) is 10.0. The predicted molar refractivity (Wildman–Crippen MR) is 92.5 cm³/mol. The second-order valence-electron chi connectivity index (χ2n) is 6.78. The van der Waals surface area contributed by atoms with Crippen molar-refractivity contribution in [2.75, 3.05) is 6.61 Å². The average Bonchev–Trinajstić information content (AvgIpc) is 2.38. The van der Waals surface area contributed by atoms with Crippen molar-refractivity contribution in [3.63, 3.8) is 0 Å². The summed E-state index contributed by atoms with van der Waals surface area (Å²) in [5.41, 5.74) is 3.28.